The Morgan fingerprint density at radius 3 is 3.08 bits per heavy atom. The van der Waals surface area contributed by atoms with Gasteiger partial charge in [-0.05, 0) is 25.0 Å². The number of aromatic nitrogens is 4. The van der Waals surface area contributed by atoms with E-state index in [9.17, 15) is 0 Å². The zero-order valence-electron chi connectivity index (χ0n) is 13.8. The van der Waals surface area contributed by atoms with Gasteiger partial charge in [0, 0.05) is 38.8 Å². The Morgan fingerprint density at radius 2 is 2.29 bits per heavy atom. The highest BCUT2D eigenvalue weighted by Gasteiger charge is 2.30. The van der Waals surface area contributed by atoms with Gasteiger partial charge in [0.25, 0.3) is 0 Å². The lowest BCUT2D eigenvalue weighted by Gasteiger charge is -2.34. The van der Waals surface area contributed by atoms with Crippen molar-refractivity contribution in [3.8, 4) is 0 Å². The van der Waals surface area contributed by atoms with Crippen LogP contribution in [0.4, 0.5) is 5.82 Å². The molecule has 0 aromatic carbocycles. The molecule has 1 saturated carbocycles. The summed E-state index contributed by atoms with van der Waals surface area (Å²) in [6.45, 7) is 3.93. The van der Waals surface area contributed by atoms with Gasteiger partial charge in [-0.25, -0.2) is 0 Å². The highest BCUT2D eigenvalue weighted by Crippen LogP contribution is 2.38. The normalized spacial score (nSPS) is 21.8. The van der Waals surface area contributed by atoms with Crippen molar-refractivity contribution >= 4 is 5.82 Å². The van der Waals surface area contributed by atoms with Crippen LogP contribution in [0.25, 0.3) is 0 Å². The molecule has 128 valence electrons. The molecule has 8 nitrogen and oxygen atoms in total. The maximum atomic E-state index is 5.90. The summed E-state index contributed by atoms with van der Waals surface area (Å²) >= 11 is 0. The van der Waals surface area contributed by atoms with Gasteiger partial charge in [-0.2, -0.15) is 10.1 Å². The zero-order valence-corrected chi connectivity index (χ0v) is 13.8. The molecule has 0 bridgehead atoms. The van der Waals surface area contributed by atoms with Crippen LogP contribution in [0.5, 0.6) is 0 Å². The first-order valence-corrected chi connectivity index (χ1v) is 8.43. The first-order valence-electron chi connectivity index (χ1n) is 8.43. The van der Waals surface area contributed by atoms with Crippen molar-refractivity contribution in [2.75, 3.05) is 38.2 Å². The number of hydrogen-bond acceptors (Lipinski definition) is 8. The Morgan fingerprint density at radius 1 is 1.38 bits per heavy atom. The fourth-order valence-electron chi connectivity index (χ4n) is 2.96. The number of ether oxygens (including phenoxy) is 1. The van der Waals surface area contributed by atoms with Crippen LogP contribution in [0.3, 0.4) is 0 Å². The lowest BCUT2D eigenvalue weighted by atomic mass is 10.2. The van der Waals surface area contributed by atoms with Crippen LogP contribution in [-0.4, -0.2) is 64.6 Å². The summed E-state index contributed by atoms with van der Waals surface area (Å²) in [4.78, 5) is 8.90. The van der Waals surface area contributed by atoms with E-state index in [4.69, 9.17) is 9.26 Å². The van der Waals surface area contributed by atoms with Crippen LogP contribution in [0, 0.1) is 0 Å². The molecule has 3 heterocycles. The fraction of sp³-hybridized carbons (Fsp3) is 0.625. The predicted molar refractivity (Wildman–Crippen MR) is 86.6 cm³/mol. The summed E-state index contributed by atoms with van der Waals surface area (Å²) in [6.07, 6.45) is 4.16. The molecule has 24 heavy (non-hydrogen) atoms. The predicted octanol–water partition coefficient (Wildman–Crippen LogP) is 1.07. The topological polar surface area (TPSA) is 80.4 Å². The summed E-state index contributed by atoms with van der Waals surface area (Å²) in [6, 6.07) is 3.84. The quantitative estimate of drug-likeness (QED) is 0.778. The van der Waals surface area contributed by atoms with Crippen LogP contribution in [0.1, 0.15) is 30.5 Å². The van der Waals surface area contributed by atoms with Gasteiger partial charge in [0.15, 0.2) is 11.6 Å². The third-order valence-electron chi connectivity index (χ3n) is 4.43. The molecule has 2 aromatic heterocycles. The molecule has 0 radical (unpaired) electrons. The second-order valence-electron chi connectivity index (χ2n) is 6.51. The average Bonchev–Trinajstić information content (AvgIpc) is 3.36. The van der Waals surface area contributed by atoms with Crippen LogP contribution in [0.15, 0.2) is 22.9 Å². The average molecular weight is 330 g/mol. The molecule has 2 aliphatic rings. The van der Waals surface area contributed by atoms with Gasteiger partial charge in [0.05, 0.1) is 19.3 Å². The van der Waals surface area contributed by atoms with E-state index >= 15 is 0 Å². The van der Waals surface area contributed by atoms with Crippen molar-refractivity contribution in [1.29, 1.82) is 0 Å². The minimum absolute atomic E-state index is 0.126. The van der Waals surface area contributed by atoms with Gasteiger partial charge < -0.3 is 14.2 Å². The zero-order chi connectivity index (χ0) is 16.4. The number of anilines is 1. The Balaban J connectivity index is 1.31. The van der Waals surface area contributed by atoms with E-state index in [2.05, 4.69) is 30.1 Å². The van der Waals surface area contributed by atoms with Crippen LogP contribution in [0.2, 0.25) is 0 Å². The molecule has 2 fully saturated rings. The summed E-state index contributed by atoms with van der Waals surface area (Å²) in [5.74, 6) is 2.94. The number of likely N-dealkylation sites (N-methyl/N-ethyl adjacent to an activating group) is 1. The van der Waals surface area contributed by atoms with E-state index in [0.717, 1.165) is 37.2 Å². The Labute approximate surface area is 140 Å². The Hall–Kier alpha value is -2.06. The third-order valence-corrected chi connectivity index (χ3v) is 4.43. The molecular weight excluding hydrogens is 308 g/mol. The monoisotopic (exact) mass is 330 g/mol. The molecule has 0 N–H and O–H groups in total. The Kier molecular flexibility index (Phi) is 4.40. The maximum absolute atomic E-state index is 5.90. The summed E-state index contributed by atoms with van der Waals surface area (Å²) in [5.41, 5.74) is 0. The molecule has 1 saturated heterocycles. The standard InChI is InChI=1S/C16H22N6O2/c1-21(15-3-2-6-17-19-15)9-13-10-22(7-8-23-13)11-14-18-16(24-20-14)12-4-5-12/h2-3,6,12-13H,4-5,7-11H2,1H3/t13-/m0/s1. The summed E-state index contributed by atoms with van der Waals surface area (Å²) in [5, 5.41) is 12.2. The first kappa shape index (κ1) is 15.5. The van der Waals surface area contributed by atoms with E-state index in [1.807, 2.05) is 19.2 Å². The number of nitrogens with zero attached hydrogens (tertiary/aromatic N) is 6. The van der Waals surface area contributed by atoms with Crippen LogP contribution >= 0.6 is 0 Å². The van der Waals surface area contributed by atoms with E-state index in [-0.39, 0.29) is 6.10 Å². The summed E-state index contributed by atoms with van der Waals surface area (Å²) in [7, 11) is 2.01. The highest BCUT2D eigenvalue weighted by atomic mass is 16.5. The number of morpholine rings is 1. The highest BCUT2D eigenvalue weighted by molar-refractivity contribution is 5.35. The van der Waals surface area contributed by atoms with Gasteiger partial charge in [-0.3, -0.25) is 4.90 Å². The van der Waals surface area contributed by atoms with Gasteiger partial charge in [0.1, 0.15) is 0 Å². The van der Waals surface area contributed by atoms with Crippen molar-refractivity contribution in [1.82, 2.24) is 25.2 Å². The van der Waals surface area contributed by atoms with E-state index in [0.29, 0.717) is 19.1 Å². The van der Waals surface area contributed by atoms with Crippen LogP contribution in [-0.2, 0) is 11.3 Å². The van der Waals surface area contributed by atoms with Crippen molar-refractivity contribution in [2.24, 2.45) is 0 Å². The number of rotatable bonds is 6. The summed E-state index contributed by atoms with van der Waals surface area (Å²) < 4.78 is 11.2. The van der Waals surface area contributed by atoms with E-state index in [1.165, 1.54) is 12.8 Å². The van der Waals surface area contributed by atoms with Crippen molar-refractivity contribution in [3.05, 3.63) is 30.0 Å². The van der Waals surface area contributed by atoms with Gasteiger partial charge in [-0.1, -0.05) is 5.16 Å². The van der Waals surface area contributed by atoms with Crippen LogP contribution < -0.4 is 4.90 Å². The lowest BCUT2D eigenvalue weighted by molar-refractivity contribution is -0.0274. The van der Waals surface area contributed by atoms with E-state index < -0.39 is 0 Å². The molecule has 2 aromatic rings. The molecule has 8 heteroatoms. The Bertz CT molecular complexity index is 660. The second kappa shape index (κ2) is 6.82. The smallest absolute Gasteiger partial charge is 0.229 e. The maximum Gasteiger partial charge on any atom is 0.229 e. The SMILES string of the molecule is CN(C[C@H]1CN(Cc2noc(C3CC3)n2)CCO1)c1cccnn1. The molecule has 4 rings (SSSR count). The van der Waals surface area contributed by atoms with Gasteiger partial charge in [0.2, 0.25) is 5.89 Å². The minimum Gasteiger partial charge on any atom is -0.374 e. The molecule has 1 atom stereocenters. The molecule has 1 aliphatic heterocycles. The minimum atomic E-state index is 0.126. The third kappa shape index (κ3) is 3.70. The molecule has 0 amide bonds. The van der Waals surface area contributed by atoms with Crippen molar-refractivity contribution in [3.63, 3.8) is 0 Å². The second-order valence-corrected chi connectivity index (χ2v) is 6.51. The number of hydrogen-bond donors (Lipinski definition) is 0. The molecule has 1 aliphatic carbocycles. The first-order chi connectivity index (χ1) is 11.8. The van der Waals surface area contributed by atoms with Crippen molar-refractivity contribution < 1.29 is 9.26 Å². The lowest BCUT2D eigenvalue weighted by Crippen LogP contribution is -2.46. The van der Waals surface area contributed by atoms with E-state index in [1.54, 1.807) is 6.20 Å². The fourth-order valence-corrected chi connectivity index (χ4v) is 2.96. The van der Waals surface area contributed by atoms with Crippen molar-refractivity contribution in [2.45, 2.75) is 31.4 Å². The largest absolute Gasteiger partial charge is 0.374 e. The molecule has 0 unspecified atom stereocenters. The molecular formula is C16H22N6O2. The van der Waals surface area contributed by atoms with Gasteiger partial charge in [-0.15, -0.1) is 5.10 Å². The van der Waals surface area contributed by atoms with Gasteiger partial charge >= 0.3 is 0 Å². The molecule has 0 spiro atoms.